The van der Waals surface area contributed by atoms with Gasteiger partial charge in [-0.2, -0.15) is 0 Å². The highest BCUT2D eigenvalue weighted by Crippen LogP contribution is 2.29. The summed E-state index contributed by atoms with van der Waals surface area (Å²) < 4.78 is 16.4. The zero-order valence-electron chi connectivity index (χ0n) is 13.1. The van der Waals surface area contributed by atoms with Crippen molar-refractivity contribution in [2.75, 3.05) is 20.0 Å². The van der Waals surface area contributed by atoms with Crippen molar-refractivity contribution < 1.29 is 13.9 Å². The van der Waals surface area contributed by atoms with Crippen LogP contribution < -0.4 is 15.2 Å². The molecule has 1 heterocycles. The van der Waals surface area contributed by atoms with Gasteiger partial charge in [0.05, 0.1) is 20.4 Å². The Hall–Kier alpha value is -2.95. The second-order valence-electron chi connectivity index (χ2n) is 5.11. The minimum absolute atomic E-state index is 0.579. The summed E-state index contributed by atoms with van der Waals surface area (Å²) in [5.41, 5.74) is 8.40. The normalized spacial score (nSPS) is 10.5. The van der Waals surface area contributed by atoms with Gasteiger partial charge < -0.3 is 19.6 Å². The predicted octanol–water partition coefficient (Wildman–Crippen LogP) is 3.53. The molecular weight excluding hydrogens is 292 g/mol. The fourth-order valence-electron chi connectivity index (χ4n) is 2.34. The lowest BCUT2D eigenvalue weighted by atomic mass is 10.1. The molecule has 5 heteroatoms. The second-order valence-corrected chi connectivity index (χ2v) is 5.11. The molecule has 5 nitrogen and oxygen atoms in total. The average Bonchev–Trinajstić information content (AvgIpc) is 3.04. The number of methoxy groups -OCH3 is 2. The average molecular weight is 310 g/mol. The molecule has 3 aromatic rings. The molecule has 0 saturated heterocycles. The van der Waals surface area contributed by atoms with E-state index in [0.717, 1.165) is 22.6 Å². The van der Waals surface area contributed by atoms with E-state index in [1.807, 2.05) is 42.5 Å². The number of ether oxygens (including phenoxy) is 2. The largest absolute Gasteiger partial charge is 0.493 e. The van der Waals surface area contributed by atoms with E-state index in [0.29, 0.717) is 23.8 Å². The van der Waals surface area contributed by atoms with E-state index in [1.54, 1.807) is 20.4 Å². The van der Waals surface area contributed by atoms with Crippen molar-refractivity contribution >= 4 is 5.69 Å². The molecule has 0 aliphatic rings. The molecular formula is C18H18N2O3. The quantitative estimate of drug-likeness (QED) is 0.730. The monoisotopic (exact) mass is 310 g/mol. The predicted molar refractivity (Wildman–Crippen MR) is 88.7 cm³/mol. The zero-order chi connectivity index (χ0) is 16.2. The molecule has 0 spiro atoms. The van der Waals surface area contributed by atoms with E-state index in [1.165, 1.54) is 0 Å². The number of nitrogen functional groups attached to an aromatic ring is 1. The van der Waals surface area contributed by atoms with Gasteiger partial charge in [0.15, 0.2) is 23.1 Å². The molecule has 0 fully saturated rings. The number of hydrogen-bond acceptors (Lipinski definition) is 5. The third kappa shape index (κ3) is 3.29. The van der Waals surface area contributed by atoms with Crippen LogP contribution >= 0.6 is 0 Å². The van der Waals surface area contributed by atoms with E-state index >= 15 is 0 Å². The topological polar surface area (TPSA) is 70.5 Å². The Balaban J connectivity index is 1.80. The summed E-state index contributed by atoms with van der Waals surface area (Å²) in [6.07, 6.45) is 2.30. The van der Waals surface area contributed by atoms with Crippen LogP contribution in [0.5, 0.6) is 11.5 Å². The van der Waals surface area contributed by atoms with Gasteiger partial charge >= 0.3 is 0 Å². The fourth-order valence-corrected chi connectivity index (χ4v) is 2.34. The smallest absolute Gasteiger partial charge is 0.199 e. The highest BCUT2D eigenvalue weighted by atomic mass is 16.5. The van der Waals surface area contributed by atoms with Crippen LogP contribution in [-0.4, -0.2) is 19.2 Å². The van der Waals surface area contributed by atoms with Crippen LogP contribution in [0.3, 0.4) is 0 Å². The summed E-state index contributed by atoms with van der Waals surface area (Å²) in [6, 6.07) is 13.3. The number of hydrogen-bond donors (Lipinski definition) is 1. The van der Waals surface area contributed by atoms with Gasteiger partial charge in [-0.3, -0.25) is 0 Å². The molecule has 0 aliphatic carbocycles. The maximum Gasteiger partial charge on any atom is 0.199 e. The lowest BCUT2D eigenvalue weighted by molar-refractivity contribution is 0.354. The Bertz CT molecular complexity index is 794. The van der Waals surface area contributed by atoms with Gasteiger partial charge in [-0.15, -0.1) is 0 Å². The number of oxazole rings is 1. The van der Waals surface area contributed by atoms with Crippen molar-refractivity contribution in [2.45, 2.75) is 6.42 Å². The summed E-state index contributed by atoms with van der Waals surface area (Å²) in [5, 5.41) is 0. The van der Waals surface area contributed by atoms with Crippen molar-refractivity contribution in [3.8, 4) is 22.8 Å². The van der Waals surface area contributed by atoms with Crippen LogP contribution in [0.2, 0.25) is 0 Å². The minimum atomic E-state index is 0.579. The van der Waals surface area contributed by atoms with Crippen molar-refractivity contribution in [1.29, 1.82) is 0 Å². The molecule has 3 rings (SSSR count). The number of aromatic nitrogens is 1. The number of rotatable bonds is 5. The third-order valence-electron chi connectivity index (χ3n) is 3.55. The van der Waals surface area contributed by atoms with Gasteiger partial charge in [0, 0.05) is 17.7 Å². The maximum atomic E-state index is 5.82. The number of nitrogens with zero attached hydrogens (tertiary/aromatic N) is 1. The van der Waals surface area contributed by atoms with Crippen LogP contribution in [0.25, 0.3) is 11.3 Å². The standard InChI is InChI=1S/C18H18N2O3/c1-21-15-8-3-12(9-16(15)22-2)10-18-20-11-17(23-18)13-4-6-14(19)7-5-13/h3-9,11H,10,19H2,1-2H3. The van der Waals surface area contributed by atoms with Gasteiger partial charge in [-0.25, -0.2) is 4.98 Å². The van der Waals surface area contributed by atoms with Crippen LogP contribution in [0.15, 0.2) is 53.1 Å². The van der Waals surface area contributed by atoms with Gasteiger partial charge in [0.2, 0.25) is 0 Å². The van der Waals surface area contributed by atoms with E-state index < -0.39 is 0 Å². The molecule has 0 amide bonds. The Labute approximate surface area is 134 Å². The summed E-state index contributed by atoms with van der Waals surface area (Å²) >= 11 is 0. The van der Waals surface area contributed by atoms with Crippen molar-refractivity contribution in [1.82, 2.24) is 4.98 Å². The zero-order valence-corrected chi connectivity index (χ0v) is 13.1. The molecule has 0 radical (unpaired) electrons. The summed E-state index contributed by atoms with van der Waals surface area (Å²) in [5.74, 6) is 2.76. The highest BCUT2D eigenvalue weighted by molar-refractivity contribution is 5.59. The lowest BCUT2D eigenvalue weighted by Gasteiger charge is -2.08. The van der Waals surface area contributed by atoms with E-state index in [4.69, 9.17) is 19.6 Å². The van der Waals surface area contributed by atoms with E-state index in [-0.39, 0.29) is 0 Å². The minimum Gasteiger partial charge on any atom is -0.493 e. The Morgan fingerprint density at radius 2 is 1.74 bits per heavy atom. The van der Waals surface area contributed by atoms with Crippen molar-refractivity contribution in [3.05, 3.63) is 60.1 Å². The van der Waals surface area contributed by atoms with Crippen LogP contribution in [0.1, 0.15) is 11.5 Å². The first kappa shape index (κ1) is 15.0. The molecule has 1 aromatic heterocycles. The fraction of sp³-hybridized carbons (Fsp3) is 0.167. The molecule has 0 atom stereocenters. The van der Waals surface area contributed by atoms with Gasteiger partial charge in [-0.05, 0) is 42.0 Å². The van der Waals surface area contributed by atoms with Crippen LogP contribution in [0.4, 0.5) is 5.69 Å². The molecule has 0 bridgehead atoms. The first-order valence-corrected chi connectivity index (χ1v) is 7.21. The van der Waals surface area contributed by atoms with Crippen LogP contribution in [0, 0.1) is 0 Å². The summed E-state index contributed by atoms with van der Waals surface area (Å²) in [7, 11) is 3.23. The van der Waals surface area contributed by atoms with Gasteiger partial charge in [0.1, 0.15) is 0 Å². The lowest BCUT2D eigenvalue weighted by Crippen LogP contribution is -1.93. The van der Waals surface area contributed by atoms with Crippen molar-refractivity contribution in [3.63, 3.8) is 0 Å². The van der Waals surface area contributed by atoms with E-state index in [9.17, 15) is 0 Å². The highest BCUT2D eigenvalue weighted by Gasteiger charge is 2.10. The molecule has 23 heavy (non-hydrogen) atoms. The maximum absolute atomic E-state index is 5.82. The summed E-state index contributed by atoms with van der Waals surface area (Å²) in [4.78, 5) is 4.34. The summed E-state index contributed by atoms with van der Waals surface area (Å²) in [6.45, 7) is 0. The Morgan fingerprint density at radius 1 is 1.00 bits per heavy atom. The molecule has 0 aliphatic heterocycles. The van der Waals surface area contributed by atoms with E-state index in [2.05, 4.69) is 4.98 Å². The molecule has 0 unspecified atom stereocenters. The van der Waals surface area contributed by atoms with Crippen molar-refractivity contribution in [2.24, 2.45) is 0 Å². The third-order valence-corrected chi connectivity index (χ3v) is 3.55. The van der Waals surface area contributed by atoms with Gasteiger partial charge in [-0.1, -0.05) is 6.07 Å². The molecule has 2 N–H and O–H groups in total. The second kappa shape index (κ2) is 6.44. The Morgan fingerprint density at radius 3 is 2.43 bits per heavy atom. The molecule has 0 saturated carbocycles. The van der Waals surface area contributed by atoms with Crippen LogP contribution in [-0.2, 0) is 6.42 Å². The first-order chi connectivity index (χ1) is 11.2. The number of anilines is 1. The first-order valence-electron chi connectivity index (χ1n) is 7.21. The SMILES string of the molecule is COc1ccc(Cc2ncc(-c3ccc(N)cc3)o2)cc1OC. The van der Waals surface area contributed by atoms with Gasteiger partial charge in [0.25, 0.3) is 0 Å². The molecule has 2 aromatic carbocycles. The molecule has 118 valence electrons. The number of benzene rings is 2. The number of nitrogens with two attached hydrogens (primary N) is 1. The Kier molecular flexibility index (Phi) is 4.19.